The average molecular weight is 338 g/mol. The Labute approximate surface area is 125 Å². The molecule has 0 radical (unpaired) electrons. The van der Waals surface area contributed by atoms with Crippen molar-refractivity contribution in [3.8, 4) is 5.75 Å². The highest BCUT2D eigenvalue weighted by Gasteiger charge is 2.49. The Hall–Kier alpha value is -1.77. The zero-order valence-electron chi connectivity index (χ0n) is 11.5. The SMILES string of the molecule is COC(=O)Cc1ccc(C2CC2)cc1OS(=O)(=O)C(F)(F)F. The normalized spacial score (nSPS) is 15.5. The van der Waals surface area contributed by atoms with Crippen LogP contribution in [0.2, 0.25) is 0 Å². The molecule has 0 saturated heterocycles. The van der Waals surface area contributed by atoms with Crippen LogP contribution in [0.1, 0.15) is 29.9 Å². The summed E-state index contributed by atoms with van der Waals surface area (Å²) in [5.74, 6) is -1.02. The molecule has 1 aliphatic carbocycles. The summed E-state index contributed by atoms with van der Waals surface area (Å²) in [6.45, 7) is 0. The van der Waals surface area contributed by atoms with Gasteiger partial charge in [0.05, 0.1) is 13.5 Å². The van der Waals surface area contributed by atoms with Gasteiger partial charge in [0, 0.05) is 5.56 Å². The van der Waals surface area contributed by atoms with Gasteiger partial charge in [0.2, 0.25) is 0 Å². The van der Waals surface area contributed by atoms with Crippen LogP contribution in [0, 0.1) is 0 Å². The first-order chi connectivity index (χ1) is 10.1. The third-order valence-corrected chi connectivity index (χ3v) is 4.15. The van der Waals surface area contributed by atoms with Gasteiger partial charge in [-0.2, -0.15) is 21.6 Å². The van der Waals surface area contributed by atoms with Gasteiger partial charge in [0.25, 0.3) is 0 Å². The first-order valence-electron chi connectivity index (χ1n) is 6.34. The number of carbonyl (C=O) groups excluding carboxylic acids is 1. The minimum Gasteiger partial charge on any atom is -0.469 e. The molecule has 0 amide bonds. The van der Waals surface area contributed by atoms with Crippen molar-refractivity contribution in [2.45, 2.75) is 30.7 Å². The lowest BCUT2D eigenvalue weighted by atomic mass is 10.0. The second-order valence-corrected chi connectivity index (χ2v) is 6.42. The van der Waals surface area contributed by atoms with Gasteiger partial charge in [-0.1, -0.05) is 12.1 Å². The number of halogens is 3. The standard InChI is InChI=1S/C13H13F3O5S/c1-20-12(17)7-10-5-4-9(8-2-3-8)6-11(10)21-22(18,19)13(14,15)16/h4-6,8H,2-3,7H2,1H3. The summed E-state index contributed by atoms with van der Waals surface area (Å²) < 4.78 is 68.3. The fraction of sp³-hybridized carbons (Fsp3) is 0.462. The molecule has 0 N–H and O–H groups in total. The Bertz CT molecular complexity index is 677. The van der Waals surface area contributed by atoms with Gasteiger partial charge >= 0.3 is 21.6 Å². The molecule has 22 heavy (non-hydrogen) atoms. The topological polar surface area (TPSA) is 69.7 Å². The molecule has 0 unspecified atom stereocenters. The summed E-state index contributed by atoms with van der Waals surface area (Å²) in [6, 6.07) is 4.26. The van der Waals surface area contributed by atoms with Gasteiger partial charge in [-0.3, -0.25) is 4.79 Å². The average Bonchev–Trinajstić information content (AvgIpc) is 3.23. The van der Waals surface area contributed by atoms with Gasteiger partial charge in [-0.25, -0.2) is 0 Å². The van der Waals surface area contributed by atoms with Crippen LogP contribution in [0.3, 0.4) is 0 Å². The molecule has 1 saturated carbocycles. The molecule has 9 heteroatoms. The van der Waals surface area contributed by atoms with E-state index in [0.717, 1.165) is 20.0 Å². The van der Waals surface area contributed by atoms with E-state index in [1.807, 2.05) is 0 Å². The lowest BCUT2D eigenvalue weighted by molar-refractivity contribution is -0.139. The van der Waals surface area contributed by atoms with Crippen molar-refractivity contribution in [3.63, 3.8) is 0 Å². The van der Waals surface area contributed by atoms with E-state index < -0.39 is 27.3 Å². The van der Waals surface area contributed by atoms with Crippen LogP contribution in [0.25, 0.3) is 0 Å². The molecular weight excluding hydrogens is 325 g/mol. The van der Waals surface area contributed by atoms with Crippen molar-refractivity contribution >= 4 is 16.1 Å². The minimum absolute atomic E-state index is 0.0177. The summed E-state index contributed by atoms with van der Waals surface area (Å²) in [6.07, 6.45) is 1.37. The Balaban J connectivity index is 2.37. The van der Waals surface area contributed by atoms with Crippen LogP contribution in [-0.4, -0.2) is 27.0 Å². The van der Waals surface area contributed by atoms with Crippen molar-refractivity contribution in [2.75, 3.05) is 7.11 Å². The van der Waals surface area contributed by atoms with E-state index in [2.05, 4.69) is 8.92 Å². The van der Waals surface area contributed by atoms with Crippen LogP contribution in [-0.2, 0) is 26.1 Å². The van der Waals surface area contributed by atoms with Crippen molar-refractivity contribution in [1.29, 1.82) is 0 Å². The fourth-order valence-electron chi connectivity index (χ4n) is 1.86. The summed E-state index contributed by atoms with van der Waals surface area (Å²) in [5.41, 5.74) is -4.84. The second-order valence-electron chi connectivity index (χ2n) is 4.88. The van der Waals surface area contributed by atoms with E-state index in [1.54, 1.807) is 6.07 Å². The molecule has 1 aromatic rings. The maximum Gasteiger partial charge on any atom is 0.534 e. The quantitative estimate of drug-likeness (QED) is 0.469. The van der Waals surface area contributed by atoms with Crippen LogP contribution in [0.5, 0.6) is 5.75 Å². The number of esters is 1. The highest BCUT2D eigenvalue weighted by atomic mass is 32.2. The van der Waals surface area contributed by atoms with Crippen LogP contribution in [0.4, 0.5) is 13.2 Å². The molecule has 0 atom stereocenters. The maximum absolute atomic E-state index is 12.4. The second kappa shape index (κ2) is 5.79. The number of hydrogen-bond donors (Lipinski definition) is 0. The molecule has 1 aliphatic rings. The molecule has 0 heterocycles. The van der Waals surface area contributed by atoms with E-state index in [0.29, 0.717) is 5.56 Å². The summed E-state index contributed by atoms with van der Waals surface area (Å²) >= 11 is 0. The molecular formula is C13H13F3O5S. The van der Waals surface area contributed by atoms with Crippen LogP contribution < -0.4 is 4.18 Å². The molecule has 1 aromatic carbocycles. The summed E-state index contributed by atoms with van der Waals surface area (Å²) in [5, 5.41) is 0. The molecule has 2 rings (SSSR count). The lowest BCUT2D eigenvalue weighted by Gasteiger charge is -2.14. The molecule has 1 fully saturated rings. The van der Waals surface area contributed by atoms with E-state index in [-0.39, 0.29) is 17.9 Å². The zero-order chi connectivity index (χ0) is 16.5. The highest BCUT2D eigenvalue weighted by Crippen LogP contribution is 2.42. The number of ether oxygens (including phenoxy) is 1. The van der Waals surface area contributed by atoms with Crippen LogP contribution >= 0.6 is 0 Å². The van der Waals surface area contributed by atoms with E-state index in [4.69, 9.17) is 0 Å². The fourth-order valence-corrected chi connectivity index (χ4v) is 2.34. The van der Waals surface area contributed by atoms with E-state index in [9.17, 15) is 26.4 Å². The molecule has 0 aliphatic heterocycles. The smallest absolute Gasteiger partial charge is 0.469 e. The lowest BCUT2D eigenvalue weighted by Crippen LogP contribution is -2.28. The van der Waals surface area contributed by atoms with Crippen molar-refractivity contribution in [3.05, 3.63) is 29.3 Å². The molecule has 0 aromatic heterocycles. The zero-order valence-corrected chi connectivity index (χ0v) is 12.3. The monoisotopic (exact) mass is 338 g/mol. The highest BCUT2D eigenvalue weighted by molar-refractivity contribution is 7.88. The number of carbonyl (C=O) groups is 1. The largest absolute Gasteiger partial charge is 0.534 e. The number of hydrogen-bond acceptors (Lipinski definition) is 5. The maximum atomic E-state index is 12.4. The summed E-state index contributed by atoms with van der Waals surface area (Å²) in [7, 11) is -4.67. The van der Waals surface area contributed by atoms with Crippen molar-refractivity contribution in [1.82, 2.24) is 0 Å². The third-order valence-electron chi connectivity index (χ3n) is 3.19. The molecule has 122 valence electrons. The number of rotatable bonds is 5. The molecule has 5 nitrogen and oxygen atoms in total. The number of methoxy groups -OCH3 is 1. The van der Waals surface area contributed by atoms with E-state index >= 15 is 0 Å². The van der Waals surface area contributed by atoms with E-state index in [1.165, 1.54) is 12.1 Å². The number of benzene rings is 1. The first-order valence-corrected chi connectivity index (χ1v) is 7.75. The van der Waals surface area contributed by atoms with Gasteiger partial charge in [-0.05, 0) is 30.4 Å². The first kappa shape index (κ1) is 16.6. The Morgan fingerprint density at radius 2 is 1.95 bits per heavy atom. The van der Waals surface area contributed by atoms with Crippen molar-refractivity contribution < 1.29 is 35.3 Å². The van der Waals surface area contributed by atoms with Gasteiger partial charge < -0.3 is 8.92 Å². The Kier molecular flexibility index (Phi) is 4.37. The van der Waals surface area contributed by atoms with Gasteiger partial charge in [0.1, 0.15) is 5.75 Å². The predicted molar refractivity (Wildman–Crippen MR) is 69.7 cm³/mol. The van der Waals surface area contributed by atoms with Gasteiger partial charge in [0.15, 0.2) is 0 Å². The molecule has 0 spiro atoms. The molecule has 0 bridgehead atoms. The predicted octanol–water partition coefficient (Wildman–Crippen LogP) is 2.51. The van der Waals surface area contributed by atoms with Crippen LogP contribution in [0.15, 0.2) is 18.2 Å². The minimum atomic E-state index is -5.79. The van der Waals surface area contributed by atoms with Crippen molar-refractivity contribution in [2.24, 2.45) is 0 Å². The van der Waals surface area contributed by atoms with Gasteiger partial charge in [-0.15, -0.1) is 0 Å². The Morgan fingerprint density at radius 3 is 2.45 bits per heavy atom. The third kappa shape index (κ3) is 3.70. The summed E-state index contributed by atoms with van der Waals surface area (Å²) in [4.78, 5) is 11.3. The Morgan fingerprint density at radius 1 is 1.32 bits per heavy atom. The number of alkyl halides is 3.